The van der Waals surface area contributed by atoms with Crippen LogP contribution in [0, 0.1) is 13.8 Å². The fraction of sp³-hybridized carbons (Fsp3) is 0.143. The van der Waals surface area contributed by atoms with Crippen molar-refractivity contribution < 1.29 is 4.74 Å². The molecular weight excluding hydrogens is 384 g/mol. The highest BCUT2D eigenvalue weighted by Gasteiger charge is 2.01. The predicted octanol–water partition coefficient (Wildman–Crippen LogP) is 8.03. The van der Waals surface area contributed by atoms with Crippen molar-refractivity contribution in [2.45, 2.75) is 36.5 Å². The molecule has 0 aliphatic heterocycles. The van der Waals surface area contributed by atoms with Gasteiger partial charge in [-0.2, -0.15) is 0 Å². The molecular formula is C28H26OS. The number of ether oxygens (including phenoxy) is 1. The van der Waals surface area contributed by atoms with Crippen LogP contribution >= 0.6 is 11.8 Å². The fourth-order valence-corrected chi connectivity index (χ4v) is 4.04. The second-order valence-corrected chi connectivity index (χ2v) is 8.77. The Morgan fingerprint density at radius 3 is 1.37 bits per heavy atom. The van der Waals surface area contributed by atoms with Gasteiger partial charge >= 0.3 is 0 Å². The van der Waals surface area contributed by atoms with Crippen molar-refractivity contribution in [1.29, 1.82) is 0 Å². The first kappa shape index (κ1) is 20.3. The van der Waals surface area contributed by atoms with Crippen LogP contribution in [0.15, 0.2) is 107 Å². The minimum Gasteiger partial charge on any atom is -0.457 e. The van der Waals surface area contributed by atoms with Gasteiger partial charge in [0.2, 0.25) is 0 Å². The van der Waals surface area contributed by atoms with Gasteiger partial charge in [0.25, 0.3) is 0 Å². The molecule has 30 heavy (non-hydrogen) atoms. The molecule has 4 rings (SSSR count). The Kier molecular flexibility index (Phi) is 6.56. The number of hydrogen-bond donors (Lipinski definition) is 0. The van der Waals surface area contributed by atoms with E-state index in [4.69, 9.17) is 4.74 Å². The summed E-state index contributed by atoms with van der Waals surface area (Å²) < 4.78 is 5.92. The molecule has 0 fully saturated rings. The second kappa shape index (κ2) is 9.69. The molecule has 0 radical (unpaired) electrons. The Labute approximate surface area is 183 Å². The molecule has 0 spiro atoms. The zero-order valence-electron chi connectivity index (χ0n) is 17.5. The van der Waals surface area contributed by atoms with Crippen LogP contribution < -0.4 is 4.74 Å². The summed E-state index contributed by atoms with van der Waals surface area (Å²) in [6.07, 6.45) is 2.06. The Hall–Kier alpha value is -2.97. The molecule has 0 heterocycles. The summed E-state index contributed by atoms with van der Waals surface area (Å²) in [6.45, 7) is 4.20. The summed E-state index contributed by atoms with van der Waals surface area (Å²) in [7, 11) is 0. The average Bonchev–Trinajstić information content (AvgIpc) is 2.77. The van der Waals surface area contributed by atoms with Crippen LogP contribution in [0.3, 0.4) is 0 Å². The van der Waals surface area contributed by atoms with E-state index in [0.717, 1.165) is 24.3 Å². The van der Waals surface area contributed by atoms with Crippen LogP contribution in [-0.2, 0) is 12.8 Å². The van der Waals surface area contributed by atoms with Crippen molar-refractivity contribution in [1.82, 2.24) is 0 Å². The summed E-state index contributed by atoms with van der Waals surface area (Å²) in [5, 5.41) is 0. The van der Waals surface area contributed by atoms with Crippen LogP contribution in [0.5, 0.6) is 11.5 Å². The highest BCUT2D eigenvalue weighted by Crippen LogP contribution is 2.28. The van der Waals surface area contributed by atoms with Crippen LogP contribution in [0.4, 0.5) is 0 Å². The maximum absolute atomic E-state index is 5.92. The van der Waals surface area contributed by atoms with E-state index in [2.05, 4.69) is 98.8 Å². The summed E-state index contributed by atoms with van der Waals surface area (Å²) in [5.41, 5.74) is 5.22. The number of hydrogen-bond acceptors (Lipinski definition) is 2. The SMILES string of the molecule is Cc1ccc(Oc2ccc(CCc3ccc(Sc4ccc(C)cc4)cc3)cc2)cc1. The third-order valence-electron chi connectivity index (χ3n) is 5.06. The van der Waals surface area contributed by atoms with E-state index < -0.39 is 0 Å². The number of benzene rings is 4. The van der Waals surface area contributed by atoms with Gasteiger partial charge in [-0.1, -0.05) is 71.4 Å². The van der Waals surface area contributed by atoms with Crippen LogP contribution in [0.25, 0.3) is 0 Å². The van der Waals surface area contributed by atoms with Gasteiger partial charge in [0.1, 0.15) is 11.5 Å². The minimum absolute atomic E-state index is 0.872. The molecule has 150 valence electrons. The van der Waals surface area contributed by atoms with Gasteiger partial charge < -0.3 is 4.74 Å². The van der Waals surface area contributed by atoms with E-state index in [9.17, 15) is 0 Å². The van der Waals surface area contributed by atoms with Crippen LogP contribution in [-0.4, -0.2) is 0 Å². The van der Waals surface area contributed by atoms with Crippen molar-refractivity contribution >= 4 is 11.8 Å². The lowest BCUT2D eigenvalue weighted by atomic mass is 10.0. The summed E-state index contributed by atoms with van der Waals surface area (Å²) in [5.74, 6) is 1.75. The molecule has 0 saturated heterocycles. The van der Waals surface area contributed by atoms with Gasteiger partial charge in [-0.3, -0.25) is 0 Å². The molecule has 0 aromatic heterocycles. The Morgan fingerprint density at radius 1 is 0.500 bits per heavy atom. The van der Waals surface area contributed by atoms with E-state index in [-0.39, 0.29) is 0 Å². The molecule has 0 N–H and O–H groups in total. The van der Waals surface area contributed by atoms with E-state index in [1.807, 2.05) is 23.9 Å². The Balaban J connectivity index is 1.29. The molecule has 0 bridgehead atoms. The van der Waals surface area contributed by atoms with Gasteiger partial charge in [-0.25, -0.2) is 0 Å². The molecule has 0 atom stereocenters. The van der Waals surface area contributed by atoms with E-state index in [1.165, 1.54) is 32.0 Å². The lowest BCUT2D eigenvalue weighted by Crippen LogP contribution is -1.92. The first-order chi connectivity index (χ1) is 14.6. The second-order valence-electron chi connectivity index (χ2n) is 7.62. The first-order valence-corrected chi connectivity index (χ1v) is 11.1. The third kappa shape index (κ3) is 5.77. The van der Waals surface area contributed by atoms with Gasteiger partial charge in [0.15, 0.2) is 0 Å². The highest BCUT2D eigenvalue weighted by atomic mass is 32.2. The lowest BCUT2D eigenvalue weighted by Gasteiger charge is -2.08. The maximum Gasteiger partial charge on any atom is 0.127 e. The summed E-state index contributed by atoms with van der Waals surface area (Å²) >= 11 is 1.81. The van der Waals surface area contributed by atoms with E-state index >= 15 is 0 Å². The molecule has 0 aliphatic rings. The van der Waals surface area contributed by atoms with Gasteiger partial charge in [0, 0.05) is 9.79 Å². The van der Waals surface area contributed by atoms with Crippen molar-refractivity contribution in [2.24, 2.45) is 0 Å². The first-order valence-electron chi connectivity index (χ1n) is 10.3. The topological polar surface area (TPSA) is 9.23 Å². The van der Waals surface area contributed by atoms with Crippen molar-refractivity contribution in [3.63, 3.8) is 0 Å². The molecule has 0 aliphatic carbocycles. The molecule has 4 aromatic carbocycles. The molecule has 2 heteroatoms. The molecule has 0 amide bonds. The number of aryl methyl sites for hydroxylation is 4. The van der Waals surface area contributed by atoms with Crippen LogP contribution in [0.1, 0.15) is 22.3 Å². The van der Waals surface area contributed by atoms with E-state index in [0.29, 0.717) is 0 Å². The van der Waals surface area contributed by atoms with Crippen molar-refractivity contribution in [3.05, 3.63) is 119 Å². The minimum atomic E-state index is 0.872. The van der Waals surface area contributed by atoms with Gasteiger partial charge in [-0.05, 0) is 86.3 Å². The largest absolute Gasteiger partial charge is 0.457 e. The lowest BCUT2D eigenvalue weighted by molar-refractivity contribution is 0.482. The highest BCUT2D eigenvalue weighted by molar-refractivity contribution is 7.99. The van der Waals surface area contributed by atoms with Crippen LogP contribution in [0.2, 0.25) is 0 Å². The van der Waals surface area contributed by atoms with E-state index in [1.54, 1.807) is 0 Å². The average molecular weight is 411 g/mol. The molecule has 1 nitrogen and oxygen atoms in total. The normalized spacial score (nSPS) is 10.7. The molecule has 4 aromatic rings. The van der Waals surface area contributed by atoms with Crippen molar-refractivity contribution in [3.8, 4) is 11.5 Å². The summed E-state index contributed by atoms with van der Waals surface area (Å²) in [6, 6.07) is 34.2. The van der Waals surface area contributed by atoms with Crippen molar-refractivity contribution in [2.75, 3.05) is 0 Å². The fourth-order valence-electron chi connectivity index (χ4n) is 3.22. The standard InChI is InChI=1S/C28H26OS/c1-21-3-13-25(14-4-21)29-26-15-9-23(10-16-26)7-8-24-11-19-28(20-12-24)30-27-17-5-22(2)6-18-27/h3-6,9-20H,7-8H2,1-2H3. The quantitative estimate of drug-likeness (QED) is 0.305. The zero-order chi connectivity index (χ0) is 20.8. The monoisotopic (exact) mass is 410 g/mol. The van der Waals surface area contributed by atoms with Gasteiger partial charge in [-0.15, -0.1) is 0 Å². The molecule has 0 unspecified atom stereocenters. The Bertz CT molecular complexity index is 973. The molecule has 0 saturated carbocycles. The summed E-state index contributed by atoms with van der Waals surface area (Å²) in [4.78, 5) is 2.56. The smallest absolute Gasteiger partial charge is 0.127 e. The zero-order valence-corrected chi connectivity index (χ0v) is 18.3. The predicted molar refractivity (Wildman–Crippen MR) is 127 cm³/mol. The number of rotatable bonds is 7. The maximum atomic E-state index is 5.92. The van der Waals surface area contributed by atoms with Gasteiger partial charge in [0.05, 0.1) is 0 Å². The Morgan fingerprint density at radius 2 is 0.867 bits per heavy atom. The third-order valence-corrected chi connectivity index (χ3v) is 6.08.